The molecule has 4 nitrogen and oxygen atoms in total. The summed E-state index contributed by atoms with van der Waals surface area (Å²) in [4.78, 5) is 9.70. The van der Waals surface area contributed by atoms with Gasteiger partial charge in [0.15, 0.2) is 5.82 Å². The molecule has 0 saturated heterocycles. The molecule has 0 spiro atoms. The number of fused-ring (bicyclic) bond motifs is 1. The van der Waals surface area contributed by atoms with Crippen molar-refractivity contribution in [1.29, 1.82) is 0 Å². The van der Waals surface area contributed by atoms with Crippen molar-refractivity contribution in [2.75, 3.05) is 19.0 Å². The molecule has 1 fully saturated rings. The molecule has 0 aliphatic heterocycles. The normalized spacial score (nSPS) is 20.3. The minimum absolute atomic E-state index is 0.0635. The molecule has 2 aliphatic rings. The van der Waals surface area contributed by atoms with Crippen molar-refractivity contribution in [3.05, 3.63) is 17.1 Å². The zero-order chi connectivity index (χ0) is 14.7. The molecule has 0 aromatic carbocycles. The molecule has 0 bridgehead atoms. The smallest absolute Gasteiger partial charge is 0.160 e. The quantitative estimate of drug-likeness (QED) is 0.898. The van der Waals surface area contributed by atoms with Gasteiger partial charge < -0.3 is 10.1 Å². The lowest BCUT2D eigenvalue weighted by Crippen LogP contribution is -2.21. The van der Waals surface area contributed by atoms with Crippen molar-refractivity contribution >= 4 is 5.82 Å². The number of hydrogen-bond donors (Lipinski definition) is 1. The lowest BCUT2D eigenvalue weighted by Gasteiger charge is -2.28. The molecule has 0 radical (unpaired) electrons. The number of hydrogen-bond acceptors (Lipinski definition) is 4. The van der Waals surface area contributed by atoms with Crippen LogP contribution in [-0.2, 0) is 17.6 Å². The van der Waals surface area contributed by atoms with Crippen LogP contribution >= 0.6 is 0 Å². The van der Waals surface area contributed by atoms with Gasteiger partial charge in [0.2, 0.25) is 0 Å². The van der Waals surface area contributed by atoms with E-state index in [1.54, 1.807) is 0 Å². The average molecular weight is 289 g/mol. The minimum Gasteiger partial charge on any atom is -0.373 e. The maximum Gasteiger partial charge on any atom is 0.160 e. The first-order valence-electron chi connectivity index (χ1n) is 8.49. The molecule has 3 rings (SSSR count). The van der Waals surface area contributed by atoms with Crippen LogP contribution in [-0.4, -0.2) is 23.6 Å². The number of aromatic nitrogens is 2. The van der Waals surface area contributed by atoms with Crippen LogP contribution in [0, 0.1) is 5.92 Å². The molecule has 116 valence electrons. The summed E-state index contributed by atoms with van der Waals surface area (Å²) in [6.45, 7) is 3.03. The van der Waals surface area contributed by atoms with E-state index >= 15 is 0 Å². The summed E-state index contributed by atoms with van der Waals surface area (Å²) in [5.74, 6) is 2.53. The van der Waals surface area contributed by atoms with E-state index in [9.17, 15) is 0 Å². The van der Waals surface area contributed by atoms with Crippen molar-refractivity contribution in [2.45, 2.75) is 64.4 Å². The van der Waals surface area contributed by atoms with Gasteiger partial charge in [-0.1, -0.05) is 19.3 Å². The summed E-state index contributed by atoms with van der Waals surface area (Å²) < 4.78 is 5.82. The van der Waals surface area contributed by atoms with Gasteiger partial charge in [-0.3, -0.25) is 0 Å². The molecule has 1 heterocycles. The van der Waals surface area contributed by atoms with Gasteiger partial charge in [0.1, 0.15) is 11.9 Å². The minimum atomic E-state index is 0.0635. The van der Waals surface area contributed by atoms with Crippen molar-refractivity contribution in [2.24, 2.45) is 5.92 Å². The van der Waals surface area contributed by atoms with Crippen LogP contribution in [0.4, 0.5) is 5.82 Å². The Labute approximate surface area is 127 Å². The third kappa shape index (κ3) is 3.05. The van der Waals surface area contributed by atoms with Gasteiger partial charge in [0.25, 0.3) is 0 Å². The van der Waals surface area contributed by atoms with Gasteiger partial charge in [0, 0.05) is 24.9 Å². The Morgan fingerprint density at radius 2 is 1.95 bits per heavy atom. The highest BCUT2D eigenvalue weighted by Gasteiger charge is 2.29. The standard InChI is InChI=1S/C17H27N3O/c1-3-18-16-13-10-7-11-14(13)19-17(20-16)15(21-2)12-8-5-4-6-9-12/h12,15H,3-11H2,1-2H3,(H,18,19,20). The lowest BCUT2D eigenvalue weighted by atomic mass is 9.85. The monoisotopic (exact) mass is 289 g/mol. The Bertz CT molecular complexity index is 483. The van der Waals surface area contributed by atoms with E-state index in [4.69, 9.17) is 14.7 Å². The third-order valence-corrected chi connectivity index (χ3v) is 4.88. The summed E-state index contributed by atoms with van der Waals surface area (Å²) in [5, 5.41) is 3.42. The molecule has 4 heteroatoms. The van der Waals surface area contributed by atoms with E-state index in [1.807, 2.05) is 7.11 Å². The Morgan fingerprint density at radius 1 is 1.14 bits per heavy atom. The summed E-state index contributed by atoms with van der Waals surface area (Å²) in [5.41, 5.74) is 2.58. The van der Waals surface area contributed by atoms with Gasteiger partial charge in [-0.25, -0.2) is 9.97 Å². The van der Waals surface area contributed by atoms with Gasteiger partial charge in [0.05, 0.1) is 0 Å². The highest BCUT2D eigenvalue weighted by molar-refractivity contribution is 5.49. The van der Waals surface area contributed by atoms with Gasteiger partial charge in [-0.15, -0.1) is 0 Å². The van der Waals surface area contributed by atoms with Crippen molar-refractivity contribution < 1.29 is 4.74 Å². The van der Waals surface area contributed by atoms with Crippen LogP contribution in [0.15, 0.2) is 0 Å². The molecule has 0 amide bonds. The second-order valence-electron chi connectivity index (χ2n) is 6.29. The van der Waals surface area contributed by atoms with E-state index in [0.29, 0.717) is 5.92 Å². The number of ether oxygens (including phenoxy) is 1. The number of nitrogens with one attached hydrogen (secondary N) is 1. The number of anilines is 1. The van der Waals surface area contributed by atoms with Crippen molar-refractivity contribution in [3.63, 3.8) is 0 Å². The Morgan fingerprint density at radius 3 is 2.67 bits per heavy atom. The Kier molecular flexibility index (Phi) is 4.73. The number of rotatable bonds is 5. The maximum absolute atomic E-state index is 5.82. The molecular formula is C17H27N3O. The zero-order valence-corrected chi connectivity index (χ0v) is 13.3. The summed E-state index contributed by atoms with van der Waals surface area (Å²) in [7, 11) is 1.81. The summed E-state index contributed by atoms with van der Waals surface area (Å²) >= 11 is 0. The Hall–Kier alpha value is -1.16. The Balaban J connectivity index is 1.90. The van der Waals surface area contributed by atoms with Crippen LogP contribution in [0.25, 0.3) is 0 Å². The summed E-state index contributed by atoms with van der Waals surface area (Å²) in [6.07, 6.45) is 9.95. The van der Waals surface area contributed by atoms with E-state index < -0.39 is 0 Å². The fourth-order valence-corrected chi connectivity index (χ4v) is 3.84. The van der Waals surface area contributed by atoms with Crippen LogP contribution in [0.2, 0.25) is 0 Å². The maximum atomic E-state index is 5.82. The van der Waals surface area contributed by atoms with Gasteiger partial charge in [-0.05, 0) is 44.9 Å². The topological polar surface area (TPSA) is 47.0 Å². The van der Waals surface area contributed by atoms with Crippen molar-refractivity contribution in [3.8, 4) is 0 Å². The molecular weight excluding hydrogens is 262 g/mol. The molecule has 1 aromatic rings. The SMILES string of the molecule is CCNc1nc(C(OC)C2CCCCC2)nc2c1CCC2. The lowest BCUT2D eigenvalue weighted by molar-refractivity contribution is 0.0289. The number of nitrogens with zero attached hydrogens (tertiary/aromatic N) is 2. The molecule has 21 heavy (non-hydrogen) atoms. The van der Waals surface area contributed by atoms with E-state index in [2.05, 4.69) is 12.2 Å². The fourth-order valence-electron chi connectivity index (χ4n) is 3.84. The van der Waals surface area contributed by atoms with E-state index in [1.165, 1.54) is 49.8 Å². The molecule has 2 aliphatic carbocycles. The molecule has 1 saturated carbocycles. The first kappa shape index (κ1) is 14.8. The predicted octanol–water partition coefficient (Wildman–Crippen LogP) is 3.66. The van der Waals surface area contributed by atoms with Gasteiger partial charge >= 0.3 is 0 Å². The van der Waals surface area contributed by atoms with Crippen molar-refractivity contribution in [1.82, 2.24) is 9.97 Å². The highest BCUT2D eigenvalue weighted by Crippen LogP contribution is 2.37. The molecule has 1 atom stereocenters. The molecule has 1 unspecified atom stereocenters. The van der Waals surface area contributed by atoms with Crippen LogP contribution in [0.1, 0.15) is 68.6 Å². The fraction of sp³-hybridized carbons (Fsp3) is 0.765. The highest BCUT2D eigenvalue weighted by atomic mass is 16.5. The number of aryl methyl sites for hydroxylation is 1. The largest absolute Gasteiger partial charge is 0.373 e. The first-order valence-corrected chi connectivity index (χ1v) is 8.49. The third-order valence-electron chi connectivity index (χ3n) is 4.88. The second-order valence-corrected chi connectivity index (χ2v) is 6.29. The molecule has 1 aromatic heterocycles. The van der Waals surface area contributed by atoms with Crippen LogP contribution in [0.3, 0.4) is 0 Å². The summed E-state index contributed by atoms with van der Waals surface area (Å²) in [6, 6.07) is 0. The van der Waals surface area contributed by atoms with Gasteiger partial charge in [-0.2, -0.15) is 0 Å². The first-order chi connectivity index (χ1) is 10.3. The average Bonchev–Trinajstić information content (AvgIpc) is 2.98. The van der Waals surface area contributed by atoms with Crippen LogP contribution in [0.5, 0.6) is 0 Å². The molecule has 1 N–H and O–H groups in total. The predicted molar refractivity (Wildman–Crippen MR) is 84.5 cm³/mol. The zero-order valence-electron chi connectivity index (χ0n) is 13.3. The van der Waals surface area contributed by atoms with E-state index in [-0.39, 0.29) is 6.10 Å². The van der Waals surface area contributed by atoms with E-state index in [0.717, 1.165) is 31.0 Å². The second kappa shape index (κ2) is 6.73. The van der Waals surface area contributed by atoms with Crippen LogP contribution < -0.4 is 5.32 Å². The number of methoxy groups -OCH3 is 1.